The van der Waals surface area contributed by atoms with Crippen molar-refractivity contribution in [3.8, 4) is 0 Å². The summed E-state index contributed by atoms with van der Waals surface area (Å²) in [6.45, 7) is 2.04. The number of H-pyrrole nitrogens is 1. The number of hydrogen-bond acceptors (Lipinski definition) is 5. The fourth-order valence-corrected chi connectivity index (χ4v) is 2.06. The summed E-state index contributed by atoms with van der Waals surface area (Å²) in [4.78, 5) is 25.1. The summed E-state index contributed by atoms with van der Waals surface area (Å²) in [6.07, 6.45) is 2.64. The highest BCUT2D eigenvalue weighted by Crippen LogP contribution is 2.27. The van der Waals surface area contributed by atoms with E-state index >= 15 is 0 Å². The number of nitrogens with one attached hydrogen (secondary N) is 1. The van der Waals surface area contributed by atoms with E-state index in [-0.39, 0.29) is 17.9 Å². The highest BCUT2D eigenvalue weighted by atomic mass is 32.1. The molecule has 0 unspecified atom stereocenters. The lowest BCUT2D eigenvalue weighted by Gasteiger charge is -2.15. The first-order chi connectivity index (χ1) is 8.11. The van der Waals surface area contributed by atoms with Gasteiger partial charge in [-0.1, -0.05) is 0 Å². The molecule has 1 aliphatic heterocycles. The van der Waals surface area contributed by atoms with E-state index in [1.54, 1.807) is 6.92 Å². The molecule has 6 nitrogen and oxygen atoms in total. The topological polar surface area (TPSA) is 73.3 Å². The number of rotatable bonds is 3. The zero-order valence-electron chi connectivity index (χ0n) is 9.38. The van der Waals surface area contributed by atoms with Gasteiger partial charge in [-0.15, -0.1) is 0 Å². The Morgan fingerprint density at radius 2 is 2.35 bits per heavy atom. The van der Waals surface area contributed by atoms with E-state index in [1.165, 1.54) is 10.8 Å². The molecule has 2 atom stereocenters. The van der Waals surface area contributed by atoms with E-state index in [0.717, 1.165) is 6.42 Å². The van der Waals surface area contributed by atoms with Crippen LogP contribution in [-0.4, -0.2) is 22.3 Å². The van der Waals surface area contributed by atoms with Crippen molar-refractivity contribution in [3.05, 3.63) is 32.6 Å². The first-order valence-electron chi connectivity index (χ1n) is 5.35. The van der Waals surface area contributed by atoms with Crippen LogP contribution < -0.4 is 11.2 Å². The second-order valence-electron chi connectivity index (χ2n) is 4.06. The number of aromatic amines is 1. The Kier molecular flexibility index (Phi) is 3.70. The van der Waals surface area contributed by atoms with Crippen LogP contribution in [0.15, 0.2) is 15.8 Å². The van der Waals surface area contributed by atoms with Crippen molar-refractivity contribution in [1.82, 2.24) is 9.55 Å². The molecule has 1 saturated heterocycles. The molecule has 2 heterocycles. The van der Waals surface area contributed by atoms with Crippen LogP contribution >= 0.6 is 12.9 Å². The van der Waals surface area contributed by atoms with Crippen LogP contribution in [0.4, 0.5) is 0 Å². The van der Waals surface area contributed by atoms with Crippen LogP contribution in [-0.2, 0) is 8.92 Å². The van der Waals surface area contributed by atoms with Crippen molar-refractivity contribution >= 4 is 12.9 Å². The molecule has 1 aliphatic rings. The van der Waals surface area contributed by atoms with Crippen molar-refractivity contribution in [2.45, 2.75) is 32.1 Å². The van der Waals surface area contributed by atoms with E-state index < -0.39 is 5.69 Å². The van der Waals surface area contributed by atoms with Gasteiger partial charge in [0.15, 0.2) is 0 Å². The monoisotopic (exact) mass is 258 g/mol. The van der Waals surface area contributed by atoms with Crippen molar-refractivity contribution < 1.29 is 8.92 Å². The average molecular weight is 258 g/mol. The second kappa shape index (κ2) is 5.07. The molecule has 0 saturated carbocycles. The van der Waals surface area contributed by atoms with E-state index in [1.807, 2.05) is 0 Å². The number of thiol groups is 1. The van der Waals surface area contributed by atoms with Crippen LogP contribution in [0.1, 0.15) is 24.6 Å². The number of aromatic nitrogens is 2. The third-order valence-corrected chi connectivity index (χ3v) is 2.95. The highest BCUT2D eigenvalue weighted by molar-refractivity contribution is 7.75. The van der Waals surface area contributed by atoms with Crippen LogP contribution in [0.25, 0.3) is 0 Å². The minimum atomic E-state index is -0.446. The molecular formula is C10H14N2O4S. The van der Waals surface area contributed by atoms with Crippen molar-refractivity contribution in [2.75, 3.05) is 6.61 Å². The number of nitrogens with zero attached hydrogens (tertiary/aromatic N) is 1. The summed E-state index contributed by atoms with van der Waals surface area (Å²) in [5.41, 5.74) is -0.320. The fourth-order valence-electron chi connectivity index (χ4n) is 1.90. The smallest absolute Gasteiger partial charge is 0.330 e. The molecule has 0 amide bonds. The van der Waals surface area contributed by atoms with Crippen LogP contribution in [0.5, 0.6) is 0 Å². The molecule has 0 radical (unpaired) electrons. The Hall–Kier alpha value is -1.05. The lowest BCUT2D eigenvalue weighted by molar-refractivity contribution is -0.0167. The Morgan fingerprint density at radius 3 is 3.06 bits per heavy atom. The molecule has 0 bridgehead atoms. The van der Waals surface area contributed by atoms with Gasteiger partial charge in [-0.05, 0) is 32.7 Å². The lowest BCUT2D eigenvalue weighted by atomic mass is 10.2. The number of aryl methyl sites for hydroxylation is 1. The van der Waals surface area contributed by atoms with Gasteiger partial charge in [-0.25, -0.2) is 4.79 Å². The zero-order chi connectivity index (χ0) is 12.4. The number of ether oxygens (including phenoxy) is 1. The molecule has 0 aliphatic carbocycles. The maximum Gasteiger partial charge on any atom is 0.330 e. The summed E-state index contributed by atoms with van der Waals surface area (Å²) in [5, 5.41) is 0. The molecule has 7 heteroatoms. The van der Waals surface area contributed by atoms with E-state index in [4.69, 9.17) is 8.92 Å². The van der Waals surface area contributed by atoms with E-state index in [9.17, 15) is 9.59 Å². The SMILES string of the molecule is Cc1cn([C@H]2CC[C@@H](COS)O2)c(=O)[nH]c1=O. The zero-order valence-corrected chi connectivity index (χ0v) is 10.3. The van der Waals surface area contributed by atoms with Gasteiger partial charge in [-0.2, -0.15) is 0 Å². The third kappa shape index (κ3) is 2.62. The second-order valence-corrected chi connectivity index (χ2v) is 4.32. The van der Waals surface area contributed by atoms with E-state index in [2.05, 4.69) is 17.9 Å². The Morgan fingerprint density at radius 1 is 1.59 bits per heavy atom. The standard InChI is InChI=1S/C10H14N2O4S/c1-6-4-12(10(14)11-9(6)13)8-3-2-7(16-8)5-15-17/h4,7-8,17H,2-3,5H2,1H3,(H,11,13,14)/t7-,8+/m0/s1. The Labute approximate surface area is 103 Å². The summed E-state index contributed by atoms with van der Waals surface area (Å²) >= 11 is 3.67. The molecule has 17 heavy (non-hydrogen) atoms. The van der Waals surface area contributed by atoms with Crippen molar-refractivity contribution in [2.24, 2.45) is 0 Å². The molecular weight excluding hydrogens is 244 g/mol. The van der Waals surface area contributed by atoms with Gasteiger partial charge < -0.3 is 8.92 Å². The minimum absolute atomic E-state index is 0.0587. The Balaban J connectivity index is 2.22. The van der Waals surface area contributed by atoms with Crippen LogP contribution in [0.2, 0.25) is 0 Å². The molecule has 2 rings (SSSR count). The molecule has 94 valence electrons. The summed E-state index contributed by atoms with van der Waals surface area (Å²) in [5.74, 6) is 0. The van der Waals surface area contributed by atoms with Gasteiger partial charge in [-0.3, -0.25) is 14.3 Å². The fraction of sp³-hybridized carbons (Fsp3) is 0.600. The quantitative estimate of drug-likeness (QED) is 0.607. The summed E-state index contributed by atoms with van der Waals surface area (Å²) < 4.78 is 11.7. The molecule has 0 aromatic carbocycles. The first kappa shape index (κ1) is 12.4. The Bertz CT molecular complexity index is 510. The van der Waals surface area contributed by atoms with Crippen molar-refractivity contribution in [1.29, 1.82) is 0 Å². The van der Waals surface area contributed by atoms with Gasteiger partial charge in [0.25, 0.3) is 5.56 Å². The molecule has 1 aromatic rings. The third-order valence-electron chi connectivity index (χ3n) is 2.80. The first-order valence-corrected chi connectivity index (χ1v) is 5.72. The number of hydrogen-bond donors (Lipinski definition) is 2. The molecule has 1 aromatic heterocycles. The van der Waals surface area contributed by atoms with Crippen molar-refractivity contribution in [3.63, 3.8) is 0 Å². The molecule has 1 N–H and O–H groups in total. The minimum Gasteiger partial charge on any atom is -0.352 e. The highest BCUT2D eigenvalue weighted by Gasteiger charge is 2.27. The largest absolute Gasteiger partial charge is 0.352 e. The maximum atomic E-state index is 11.6. The molecule has 1 fully saturated rings. The van der Waals surface area contributed by atoms with Gasteiger partial charge >= 0.3 is 5.69 Å². The normalized spacial score (nSPS) is 24.1. The van der Waals surface area contributed by atoms with Gasteiger partial charge in [0.2, 0.25) is 0 Å². The summed E-state index contributed by atoms with van der Waals surface area (Å²) in [6, 6.07) is 0. The predicted octanol–water partition coefficient (Wildman–Crippen LogP) is 0.384. The van der Waals surface area contributed by atoms with Crippen LogP contribution in [0.3, 0.4) is 0 Å². The van der Waals surface area contributed by atoms with Gasteiger partial charge in [0.1, 0.15) is 6.23 Å². The summed E-state index contributed by atoms with van der Waals surface area (Å²) in [7, 11) is 0. The molecule has 0 spiro atoms. The predicted molar refractivity (Wildman–Crippen MR) is 64.1 cm³/mol. The van der Waals surface area contributed by atoms with E-state index in [0.29, 0.717) is 18.6 Å². The van der Waals surface area contributed by atoms with Gasteiger partial charge in [0.05, 0.1) is 12.7 Å². The lowest BCUT2D eigenvalue weighted by Crippen LogP contribution is -2.33. The average Bonchev–Trinajstić information content (AvgIpc) is 2.72. The van der Waals surface area contributed by atoms with Crippen LogP contribution in [0, 0.1) is 6.92 Å². The van der Waals surface area contributed by atoms with Gasteiger partial charge in [0, 0.05) is 11.8 Å². The maximum absolute atomic E-state index is 11.6.